The lowest BCUT2D eigenvalue weighted by molar-refractivity contribution is 0.0969. The topological polar surface area (TPSA) is 82.0 Å². The molecule has 0 aliphatic rings. The fraction of sp³-hybridized carbons (Fsp3) is 0.571. The van der Waals surface area contributed by atoms with Crippen molar-refractivity contribution in [1.82, 2.24) is 4.98 Å². The third-order valence-electron chi connectivity index (χ3n) is 3.41. The summed E-state index contributed by atoms with van der Waals surface area (Å²) in [6.07, 6.45) is 3.65. The van der Waals surface area contributed by atoms with E-state index in [1.54, 1.807) is 6.07 Å². The minimum Gasteiger partial charge on any atom is -0.383 e. The lowest BCUT2D eigenvalue weighted by atomic mass is 9.87. The Morgan fingerprint density at radius 3 is 2.68 bits per heavy atom. The second kappa shape index (κ2) is 7.46. The lowest BCUT2D eigenvalue weighted by Crippen LogP contribution is -2.16. The molecule has 1 aromatic heterocycles. The fourth-order valence-electron chi connectivity index (χ4n) is 2.15. The van der Waals surface area contributed by atoms with E-state index in [2.05, 4.69) is 18.8 Å². The van der Waals surface area contributed by atoms with Gasteiger partial charge in [0.15, 0.2) is 5.78 Å². The van der Waals surface area contributed by atoms with E-state index >= 15 is 0 Å². The molecular weight excluding hydrogens is 262 g/mol. The van der Waals surface area contributed by atoms with Gasteiger partial charge in [0.25, 0.3) is 0 Å². The summed E-state index contributed by atoms with van der Waals surface area (Å²) in [6.45, 7) is 4.96. The summed E-state index contributed by atoms with van der Waals surface area (Å²) in [7, 11) is 0. The molecule has 0 aliphatic carbocycles. The number of hydrogen-bond acceptors (Lipinski definition) is 4. The molecule has 19 heavy (non-hydrogen) atoms. The number of Topliss-reactive ketones (excluding diaryl/α,β-unsaturated/α-hetero) is 1. The Kier molecular flexibility index (Phi) is 6.25. The van der Waals surface area contributed by atoms with E-state index in [-0.39, 0.29) is 11.6 Å². The first kappa shape index (κ1) is 15.9. The van der Waals surface area contributed by atoms with Gasteiger partial charge < -0.3 is 11.5 Å². The first-order chi connectivity index (χ1) is 8.95. The highest BCUT2D eigenvalue weighted by atomic mass is 35.5. The van der Waals surface area contributed by atoms with Crippen LogP contribution in [0.2, 0.25) is 5.02 Å². The van der Waals surface area contributed by atoms with E-state index in [9.17, 15) is 4.79 Å². The molecule has 1 atom stereocenters. The molecule has 0 saturated heterocycles. The summed E-state index contributed by atoms with van der Waals surface area (Å²) in [4.78, 5) is 16.0. The minimum atomic E-state index is -0.00447. The van der Waals surface area contributed by atoms with Gasteiger partial charge >= 0.3 is 0 Å². The van der Waals surface area contributed by atoms with Crippen molar-refractivity contribution in [1.29, 1.82) is 0 Å². The van der Waals surface area contributed by atoms with Crippen LogP contribution in [0.25, 0.3) is 0 Å². The van der Waals surface area contributed by atoms with Gasteiger partial charge in [0.1, 0.15) is 5.82 Å². The maximum atomic E-state index is 12.1. The van der Waals surface area contributed by atoms with Gasteiger partial charge in [-0.3, -0.25) is 4.79 Å². The van der Waals surface area contributed by atoms with Crippen molar-refractivity contribution in [3.63, 3.8) is 0 Å². The predicted octanol–water partition coefficient (Wildman–Crippen LogP) is 2.90. The predicted molar refractivity (Wildman–Crippen MR) is 79.2 cm³/mol. The van der Waals surface area contributed by atoms with Crippen molar-refractivity contribution in [3.05, 3.63) is 22.8 Å². The zero-order valence-electron chi connectivity index (χ0n) is 11.5. The SMILES string of the molecule is CC(C)C(CCN)CCC(=O)c1cc(Cl)cnc1N. The van der Waals surface area contributed by atoms with Gasteiger partial charge in [0, 0.05) is 12.6 Å². The number of nitrogens with two attached hydrogens (primary N) is 2. The van der Waals surface area contributed by atoms with Crippen LogP contribution in [0, 0.1) is 11.8 Å². The standard InChI is InChI=1S/C14H22ClN3O/c1-9(2)10(5-6-16)3-4-13(19)12-7-11(15)8-18-14(12)17/h7-10H,3-6,16H2,1-2H3,(H2,17,18). The number of rotatable bonds is 7. The van der Waals surface area contributed by atoms with Gasteiger partial charge in [-0.2, -0.15) is 0 Å². The summed E-state index contributed by atoms with van der Waals surface area (Å²) in [5.41, 5.74) is 11.7. The normalized spacial score (nSPS) is 12.7. The number of halogens is 1. The summed E-state index contributed by atoms with van der Waals surface area (Å²) in [5, 5.41) is 0.430. The maximum absolute atomic E-state index is 12.1. The number of aromatic nitrogens is 1. The molecule has 1 rings (SSSR count). The van der Waals surface area contributed by atoms with Gasteiger partial charge in [-0.05, 0) is 37.3 Å². The third kappa shape index (κ3) is 4.80. The third-order valence-corrected chi connectivity index (χ3v) is 3.61. The van der Waals surface area contributed by atoms with Crippen LogP contribution in [-0.2, 0) is 0 Å². The molecule has 0 bridgehead atoms. The fourth-order valence-corrected chi connectivity index (χ4v) is 2.31. The van der Waals surface area contributed by atoms with Crippen LogP contribution in [0.15, 0.2) is 12.3 Å². The molecule has 0 spiro atoms. The number of hydrogen-bond donors (Lipinski definition) is 2. The van der Waals surface area contributed by atoms with E-state index < -0.39 is 0 Å². The molecule has 0 radical (unpaired) electrons. The molecular formula is C14H22ClN3O. The van der Waals surface area contributed by atoms with Gasteiger partial charge in [0.05, 0.1) is 10.6 Å². The summed E-state index contributed by atoms with van der Waals surface area (Å²) < 4.78 is 0. The summed E-state index contributed by atoms with van der Waals surface area (Å²) in [5.74, 6) is 1.22. The van der Waals surface area contributed by atoms with E-state index in [0.717, 1.165) is 12.8 Å². The van der Waals surface area contributed by atoms with E-state index in [1.165, 1.54) is 6.20 Å². The molecule has 4 N–H and O–H groups in total. The van der Waals surface area contributed by atoms with E-state index in [0.29, 0.717) is 35.4 Å². The van der Waals surface area contributed by atoms with E-state index in [1.807, 2.05) is 0 Å². The number of nitrogen functional groups attached to an aromatic ring is 1. The Morgan fingerprint density at radius 1 is 1.42 bits per heavy atom. The van der Waals surface area contributed by atoms with Gasteiger partial charge in [-0.15, -0.1) is 0 Å². The smallest absolute Gasteiger partial charge is 0.166 e. The Labute approximate surface area is 119 Å². The van der Waals surface area contributed by atoms with Crippen LogP contribution in [0.5, 0.6) is 0 Å². The van der Waals surface area contributed by atoms with Crippen LogP contribution in [-0.4, -0.2) is 17.3 Å². The highest BCUT2D eigenvalue weighted by Crippen LogP contribution is 2.23. The Bertz CT molecular complexity index is 435. The molecule has 106 valence electrons. The van der Waals surface area contributed by atoms with Crippen LogP contribution in [0.3, 0.4) is 0 Å². The number of pyridine rings is 1. The van der Waals surface area contributed by atoms with Crippen LogP contribution in [0.4, 0.5) is 5.82 Å². The van der Waals surface area contributed by atoms with Crippen molar-refractivity contribution >= 4 is 23.2 Å². The van der Waals surface area contributed by atoms with Crippen molar-refractivity contribution in [2.24, 2.45) is 17.6 Å². The molecule has 0 aliphatic heterocycles. The highest BCUT2D eigenvalue weighted by Gasteiger charge is 2.17. The second-order valence-electron chi connectivity index (χ2n) is 5.13. The molecule has 0 aromatic carbocycles. The highest BCUT2D eigenvalue weighted by molar-refractivity contribution is 6.31. The molecule has 5 heteroatoms. The van der Waals surface area contributed by atoms with Crippen LogP contribution >= 0.6 is 11.6 Å². The Balaban J connectivity index is 2.66. The molecule has 1 unspecified atom stereocenters. The molecule has 1 aromatic rings. The Morgan fingerprint density at radius 2 is 2.11 bits per heavy atom. The van der Waals surface area contributed by atoms with Crippen molar-refractivity contribution in [2.45, 2.75) is 33.1 Å². The number of ketones is 1. The summed E-state index contributed by atoms with van der Waals surface area (Å²) >= 11 is 5.84. The van der Waals surface area contributed by atoms with Gasteiger partial charge in [0.2, 0.25) is 0 Å². The molecule has 0 amide bonds. The van der Waals surface area contributed by atoms with Crippen LogP contribution < -0.4 is 11.5 Å². The van der Waals surface area contributed by atoms with Crippen molar-refractivity contribution in [3.8, 4) is 0 Å². The maximum Gasteiger partial charge on any atom is 0.166 e. The van der Waals surface area contributed by atoms with Crippen LogP contribution in [0.1, 0.15) is 43.5 Å². The first-order valence-corrected chi connectivity index (χ1v) is 6.97. The van der Waals surface area contributed by atoms with Crippen molar-refractivity contribution < 1.29 is 4.79 Å². The number of nitrogens with zero attached hydrogens (tertiary/aromatic N) is 1. The zero-order valence-corrected chi connectivity index (χ0v) is 12.3. The monoisotopic (exact) mass is 283 g/mol. The number of carbonyl (C=O) groups excluding carboxylic acids is 1. The Hall–Kier alpha value is -1.13. The molecule has 0 fully saturated rings. The van der Waals surface area contributed by atoms with Crippen molar-refractivity contribution in [2.75, 3.05) is 12.3 Å². The number of carbonyl (C=O) groups is 1. The van der Waals surface area contributed by atoms with E-state index in [4.69, 9.17) is 23.1 Å². The van der Waals surface area contributed by atoms with Gasteiger partial charge in [-0.25, -0.2) is 4.98 Å². The first-order valence-electron chi connectivity index (χ1n) is 6.60. The molecule has 1 heterocycles. The average molecular weight is 284 g/mol. The molecule has 0 saturated carbocycles. The minimum absolute atomic E-state index is 0.00447. The lowest BCUT2D eigenvalue weighted by Gasteiger charge is -2.19. The van der Waals surface area contributed by atoms with Gasteiger partial charge in [-0.1, -0.05) is 25.4 Å². The quantitative estimate of drug-likeness (QED) is 0.754. The molecule has 4 nitrogen and oxygen atoms in total. The number of anilines is 1. The largest absolute Gasteiger partial charge is 0.383 e. The summed E-state index contributed by atoms with van der Waals surface area (Å²) in [6, 6.07) is 1.58. The average Bonchev–Trinajstić information content (AvgIpc) is 2.36. The second-order valence-corrected chi connectivity index (χ2v) is 5.57. The zero-order chi connectivity index (χ0) is 14.4.